The van der Waals surface area contributed by atoms with Crippen LogP contribution >= 0.6 is 0 Å². The molecule has 3 nitrogen and oxygen atoms in total. The van der Waals surface area contributed by atoms with Crippen molar-refractivity contribution in [1.29, 1.82) is 0 Å². The summed E-state index contributed by atoms with van der Waals surface area (Å²) in [5.41, 5.74) is 0. The second-order valence-electron chi connectivity index (χ2n) is 4.04. The molecular formula is C10H22N2O. The maximum atomic E-state index is 8.80. The average molecular weight is 186 g/mol. The minimum absolute atomic E-state index is 0.288. The summed E-state index contributed by atoms with van der Waals surface area (Å²) in [6, 6.07) is 0. The molecule has 0 aromatic heterocycles. The smallest absolute Gasteiger partial charge is 0.0468 e. The van der Waals surface area contributed by atoms with Gasteiger partial charge in [0, 0.05) is 19.7 Å². The van der Waals surface area contributed by atoms with Crippen LogP contribution in [0.2, 0.25) is 0 Å². The molecule has 0 radical (unpaired) electrons. The lowest BCUT2D eigenvalue weighted by Gasteiger charge is -2.15. The largest absolute Gasteiger partial charge is 0.396 e. The molecule has 1 aliphatic heterocycles. The van der Waals surface area contributed by atoms with E-state index in [0.29, 0.717) is 5.92 Å². The molecule has 2 N–H and O–H groups in total. The van der Waals surface area contributed by atoms with Crippen LogP contribution < -0.4 is 5.32 Å². The van der Waals surface area contributed by atoms with Crippen LogP contribution in [0.1, 0.15) is 19.8 Å². The predicted molar refractivity (Wildman–Crippen MR) is 54.8 cm³/mol. The molecule has 0 spiro atoms. The van der Waals surface area contributed by atoms with Gasteiger partial charge in [-0.1, -0.05) is 6.92 Å². The number of aliphatic hydroxyl groups excluding tert-OH is 1. The Morgan fingerprint density at radius 2 is 2.08 bits per heavy atom. The molecule has 1 fully saturated rings. The number of hydrogen-bond donors (Lipinski definition) is 2. The van der Waals surface area contributed by atoms with Gasteiger partial charge in [-0.25, -0.2) is 0 Å². The van der Waals surface area contributed by atoms with Crippen molar-refractivity contribution in [3.63, 3.8) is 0 Å². The summed E-state index contributed by atoms with van der Waals surface area (Å²) < 4.78 is 0. The maximum absolute atomic E-state index is 8.80. The monoisotopic (exact) mass is 186 g/mol. The van der Waals surface area contributed by atoms with Crippen LogP contribution in [0.3, 0.4) is 0 Å². The number of rotatable bonds is 6. The van der Waals surface area contributed by atoms with Crippen LogP contribution in [0.4, 0.5) is 0 Å². The Labute approximate surface area is 81.1 Å². The lowest BCUT2D eigenvalue weighted by atomic mass is 10.2. The van der Waals surface area contributed by atoms with E-state index in [1.54, 1.807) is 0 Å². The fourth-order valence-electron chi connectivity index (χ4n) is 1.66. The lowest BCUT2D eigenvalue weighted by molar-refractivity contribution is 0.231. The van der Waals surface area contributed by atoms with Gasteiger partial charge in [0.05, 0.1) is 0 Å². The molecule has 0 aromatic carbocycles. The number of nitrogens with one attached hydrogen (secondary N) is 1. The van der Waals surface area contributed by atoms with Gasteiger partial charge in [0.1, 0.15) is 0 Å². The van der Waals surface area contributed by atoms with Gasteiger partial charge in [-0.2, -0.15) is 0 Å². The highest BCUT2D eigenvalue weighted by molar-refractivity contribution is 4.67. The fraction of sp³-hybridized carbons (Fsp3) is 1.00. The minimum atomic E-state index is 0.288. The highest BCUT2D eigenvalue weighted by Crippen LogP contribution is 2.05. The van der Waals surface area contributed by atoms with Crippen LogP contribution in [-0.2, 0) is 0 Å². The van der Waals surface area contributed by atoms with Crippen molar-refractivity contribution in [3.05, 3.63) is 0 Å². The van der Waals surface area contributed by atoms with Crippen LogP contribution in [0.5, 0.6) is 0 Å². The number of hydrogen-bond acceptors (Lipinski definition) is 3. The van der Waals surface area contributed by atoms with Crippen molar-refractivity contribution in [2.24, 2.45) is 5.92 Å². The molecule has 1 saturated heterocycles. The molecule has 1 unspecified atom stereocenters. The highest BCUT2D eigenvalue weighted by atomic mass is 16.3. The third-order valence-electron chi connectivity index (χ3n) is 2.61. The molecule has 1 rings (SSSR count). The molecule has 1 atom stereocenters. The van der Waals surface area contributed by atoms with E-state index in [9.17, 15) is 0 Å². The fourth-order valence-corrected chi connectivity index (χ4v) is 1.66. The van der Waals surface area contributed by atoms with Gasteiger partial charge in [-0.05, 0) is 38.4 Å². The average Bonchev–Trinajstić information content (AvgIpc) is 2.64. The van der Waals surface area contributed by atoms with E-state index in [1.807, 2.05) is 0 Å². The zero-order valence-corrected chi connectivity index (χ0v) is 8.63. The molecule has 0 amide bonds. The standard InChI is InChI=1S/C10H22N2O/c1-10(9-13)8-11-4-7-12-5-2-3-6-12/h10-11,13H,2-9H2,1H3. The van der Waals surface area contributed by atoms with Gasteiger partial charge in [0.25, 0.3) is 0 Å². The first kappa shape index (κ1) is 11.0. The SMILES string of the molecule is CC(CO)CNCCN1CCCC1. The van der Waals surface area contributed by atoms with Crippen molar-refractivity contribution in [2.75, 3.05) is 39.3 Å². The van der Waals surface area contributed by atoms with Gasteiger partial charge in [0.15, 0.2) is 0 Å². The van der Waals surface area contributed by atoms with E-state index in [-0.39, 0.29) is 6.61 Å². The molecule has 78 valence electrons. The molecule has 0 aromatic rings. The molecule has 3 heteroatoms. The zero-order valence-electron chi connectivity index (χ0n) is 8.63. The molecule has 0 bridgehead atoms. The van der Waals surface area contributed by atoms with E-state index in [1.165, 1.54) is 25.9 Å². The number of likely N-dealkylation sites (tertiary alicyclic amines) is 1. The maximum Gasteiger partial charge on any atom is 0.0468 e. The quantitative estimate of drug-likeness (QED) is 0.586. The van der Waals surface area contributed by atoms with E-state index in [4.69, 9.17) is 5.11 Å². The van der Waals surface area contributed by atoms with Crippen LogP contribution in [-0.4, -0.2) is 49.3 Å². The molecule has 0 aliphatic carbocycles. The van der Waals surface area contributed by atoms with Gasteiger partial charge >= 0.3 is 0 Å². The third kappa shape index (κ3) is 4.60. The summed E-state index contributed by atoms with van der Waals surface area (Å²) in [4.78, 5) is 2.50. The van der Waals surface area contributed by atoms with Crippen molar-refractivity contribution in [1.82, 2.24) is 10.2 Å². The summed E-state index contributed by atoms with van der Waals surface area (Å²) in [7, 11) is 0. The van der Waals surface area contributed by atoms with Gasteiger partial charge in [0.2, 0.25) is 0 Å². The summed E-state index contributed by atoms with van der Waals surface area (Å²) >= 11 is 0. The Morgan fingerprint density at radius 3 is 2.69 bits per heavy atom. The molecule has 0 saturated carbocycles. The van der Waals surface area contributed by atoms with Gasteiger partial charge in [-0.15, -0.1) is 0 Å². The molecule has 13 heavy (non-hydrogen) atoms. The first-order chi connectivity index (χ1) is 6.33. The van der Waals surface area contributed by atoms with Crippen LogP contribution in [0.25, 0.3) is 0 Å². The van der Waals surface area contributed by atoms with Crippen LogP contribution in [0, 0.1) is 5.92 Å². The Bertz CT molecular complexity index is 124. The van der Waals surface area contributed by atoms with E-state index < -0.39 is 0 Å². The number of aliphatic hydroxyl groups is 1. The summed E-state index contributed by atoms with van der Waals surface area (Å²) in [5, 5.41) is 12.2. The van der Waals surface area contributed by atoms with E-state index >= 15 is 0 Å². The highest BCUT2D eigenvalue weighted by Gasteiger charge is 2.10. The molecule has 1 aliphatic rings. The van der Waals surface area contributed by atoms with Gasteiger partial charge in [-0.3, -0.25) is 0 Å². The van der Waals surface area contributed by atoms with E-state index in [2.05, 4.69) is 17.1 Å². The van der Waals surface area contributed by atoms with Crippen molar-refractivity contribution in [2.45, 2.75) is 19.8 Å². The third-order valence-corrected chi connectivity index (χ3v) is 2.61. The Kier molecular flexibility index (Phi) is 5.35. The summed E-state index contributed by atoms with van der Waals surface area (Å²) in [6.45, 7) is 8.06. The Balaban J connectivity index is 1.88. The number of nitrogens with zero attached hydrogens (tertiary/aromatic N) is 1. The Morgan fingerprint density at radius 1 is 1.38 bits per heavy atom. The van der Waals surface area contributed by atoms with Crippen molar-refractivity contribution >= 4 is 0 Å². The summed E-state index contributed by atoms with van der Waals surface area (Å²) in [6.07, 6.45) is 2.74. The van der Waals surface area contributed by atoms with Crippen molar-refractivity contribution in [3.8, 4) is 0 Å². The van der Waals surface area contributed by atoms with E-state index in [0.717, 1.165) is 19.6 Å². The molecule has 1 heterocycles. The zero-order chi connectivity index (χ0) is 9.52. The van der Waals surface area contributed by atoms with Gasteiger partial charge < -0.3 is 15.3 Å². The second-order valence-corrected chi connectivity index (χ2v) is 4.04. The molecular weight excluding hydrogens is 164 g/mol. The normalized spacial score (nSPS) is 20.8. The topological polar surface area (TPSA) is 35.5 Å². The first-order valence-electron chi connectivity index (χ1n) is 5.37. The Hall–Kier alpha value is -0.120. The predicted octanol–water partition coefficient (Wildman–Crippen LogP) is 0.300. The second kappa shape index (κ2) is 6.35. The van der Waals surface area contributed by atoms with Crippen molar-refractivity contribution < 1.29 is 5.11 Å². The lowest BCUT2D eigenvalue weighted by Crippen LogP contribution is -2.32. The van der Waals surface area contributed by atoms with Crippen LogP contribution in [0.15, 0.2) is 0 Å². The first-order valence-corrected chi connectivity index (χ1v) is 5.37. The summed E-state index contributed by atoms with van der Waals surface area (Å²) in [5.74, 6) is 0.388. The minimum Gasteiger partial charge on any atom is -0.396 e.